The predicted octanol–water partition coefficient (Wildman–Crippen LogP) is 5.49. The number of hydrogen-bond donors (Lipinski definition) is 2. The molecule has 1 unspecified atom stereocenters. The molecular formula is C30H52N4O. The van der Waals surface area contributed by atoms with Crippen LogP contribution in [0.15, 0.2) is 46.9 Å². The van der Waals surface area contributed by atoms with Crippen molar-refractivity contribution < 1.29 is 5.11 Å². The molecule has 0 aromatic carbocycles. The first-order chi connectivity index (χ1) is 16.9. The van der Waals surface area contributed by atoms with Crippen molar-refractivity contribution in [2.24, 2.45) is 5.92 Å². The van der Waals surface area contributed by atoms with Gasteiger partial charge in [-0.25, -0.2) is 0 Å². The lowest BCUT2D eigenvalue weighted by Gasteiger charge is -2.46. The van der Waals surface area contributed by atoms with E-state index in [2.05, 4.69) is 66.1 Å². The standard InChI is InChI=1S/C30H52N4O/c1-24(2)11-12-25(3)21-32-15-13-29(14-16-32)34-18-17-33(22-26(34)4)23-30(35)19-28(20-31-5)27-9-7-6-8-10-27/h11-12,19-20,26-27,29,31,35H,6-10,13-18,21-23H2,1-5H3/b25-12+,28-20+,30-19+. The first-order valence-electron chi connectivity index (χ1n) is 14.1. The van der Waals surface area contributed by atoms with Crippen LogP contribution in [0.3, 0.4) is 0 Å². The van der Waals surface area contributed by atoms with Crippen LogP contribution in [0.1, 0.15) is 72.6 Å². The molecule has 0 spiro atoms. The molecular weight excluding hydrogens is 432 g/mol. The largest absolute Gasteiger partial charge is 0.511 e. The molecule has 35 heavy (non-hydrogen) atoms. The van der Waals surface area contributed by atoms with Crippen LogP contribution in [0.5, 0.6) is 0 Å². The van der Waals surface area contributed by atoms with Gasteiger partial charge in [0.25, 0.3) is 0 Å². The van der Waals surface area contributed by atoms with Gasteiger partial charge in [0.2, 0.25) is 0 Å². The molecule has 0 aromatic rings. The van der Waals surface area contributed by atoms with E-state index in [1.807, 2.05) is 13.1 Å². The normalized spacial score (nSPS) is 25.6. The van der Waals surface area contributed by atoms with Gasteiger partial charge in [0, 0.05) is 45.3 Å². The Labute approximate surface area is 215 Å². The molecule has 1 saturated carbocycles. The van der Waals surface area contributed by atoms with E-state index in [-0.39, 0.29) is 0 Å². The van der Waals surface area contributed by atoms with Crippen molar-refractivity contribution in [1.29, 1.82) is 0 Å². The number of rotatable bonds is 9. The van der Waals surface area contributed by atoms with Crippen molar-refractivity contribution in [3.8, 4) is 0 Å². The fraction of sp³-hybridized carbons (Fsp3) is 0.733. The number of hydrogen-bond acceptors (Lipinski definition) is 5. The molecule has 3 fully saturated rings. The Hall–Kier alpha value is -1.56. The minimum atomic E-state index is 0.516. The molecule has 198 valence electrons. The van der Waals surface area contributed by atoms with Crippen molar-refractivity contribution in [3.63, 3.8) is 0 Å². The predicted molar refractivity (Wildman–Crippen MR) is 150 cm³/mol. The summed E-state index contributed by atoms with van der Waals surface area (Å²) in [5.74, 6) is 1.11. The molecule has 3 aliphatic rings. The van der Waals surface area contributed by atoms with Crippen molar-refractivity contribution in [1.82, 2.24) is 20.0 Å². The average Bonchev–Trinajstić information content (AvgIpc) is 2.84. The number of piperazine rings is 1. The number of aliphatic hydroxyl groups excluding tert-OH is 1. The molecule has 2 N–H and O–H groups in total. The highest BCUT2D eigenvalue weighted by Gasteiger charge is 2.31. The number of nitrogens with one attached hydrogen (secondary N) is 1. The molecule has 0 aromatic heterocycles. The molecule has 5 heteroatoms. The van der Waals surface area contributed by atoms with Gasteiger partial charge in [0.15, 0.2) is 0 Å². The fourth-order valence-corrected chi connectivity index (χ4v) is 6.20. The lowest BCUT2D eigenvalue weighted by Crippen LogP contribution is -2.57. The van der Waals surface area contributed by atoms with Gasteiger partial charge in [0.05, 0.1) is 6.54 Å². The summed E-state index contributed by atoms with van der Waals surface area (Å²) >= 11 is 0. The van der Waals surface area contributed by atoms with Crippen LogP contribution in [0.4, 0.5) is 0 Å². The highest BCUT2D eigenvalue weighted by Crippen LogP contribution is 2.30. The number of nitrogens with zero attached hydrogens (tertiary/aromatic N) is 3. The zero-order valence-corrected chi connectivity index (χ0v) is 23.2. The third-order valence-electron chi connectivity index (χ3n) is 8.07. The maximum Gasteiger partial charge on any atom is 0.107 e. The van der Waals surface area contributed by atoms with Crippen LogP contribution in [0.25, 0.3) is 0 Å². The van der Waals surface area contributed by atoms with E-state index >= 15 is 0 Å². The summed E-state index contributed by atoms with van der Waals surface area (Å²) in [7, 11) is 1.96. The molecule has 0 bridgehead atoms. The van der Waals surface area contributed by atoms with Gasteiger partial charge in [-0.15, -0.1) is 0 Å². The summed E-state index contributed by atoms with van der Waals surface area (Å²) in [5, 5.41) is 14.0. The van der Waals surface area contributed by atoms with E-state index in [4.69, 9.17) is 0 Å². The maximum atomic E-state index is 10.8. The molecule has 3 rings (SSSR count). The number of allylic oxidation sites excluding steroid dienone is 5. The molecule has 0 radical (unpaired) electrons. The molecule has 1 aliphatic carbocycles. The lowest BCUT2D eigenvalue weighted by atomic mass is 9.84. The summed E-state index contributed by atoms with van der Waals surface area (Å²) in [5.41, 5.74) is 4.09. The number of likely N-dealkylation sites (tertiary alicyclic amines) is 1. The Morgan fingerprint density at radius 1 is 0.886 bits per heavy atom. The van der Waals surface area contributed by atoms with Crippen LogP contribution in [0, 0.1) is 5.92 Å². The quantitative estimate of drug-likeness (QED) is 0.334. The summed E-state index contributed by atoms with van der Waals surface area (Å²) in [6.07, 6.45) is 17.7. The molecule has 2 saturated heterocycles. The highest BCUT2D eigenvalue weighted by molar-refractivity contribution is 5.24. The maximum absolute atomic E-state index is 10.8. The second-order valence-electron chi connectivity index (χ2n) is 11.5. The van der Waals surface area contributed by atoms with Crippen molar-refractivity contribution in [2.45, 2.75) is 84.7 Å². The van der Waals surface area contributed by atoms with E-state index in [0.717, 1.165) is 26.2 Å². The Bertz CT molecular complexity index is 765. The van der Waals surface area contributed by atoms with Crippen LogP contribution < -0.4 is 5.32 Å². The zero-order chi connectivity index (χ0) is 25.2. The first kappa shape index (κ1) is 28.0. The summed E-state index contributed by atoms with van der Waals surface area (Å²) in [6.45, 7) is 16.3. The Morgan fingerprint density at radius 3 is 2.23 bits per heavy atom. The van der Waals surface area contributed by atoms with Gasteiger partial charge >= 0.3 is 0 Å². The van der Waals surface area contributed by atoms with E-state index in [9.17, 15) is 5.11 Å². The molecule has 2 aliphatic heterocycles. The Balaban J connectivity index is 1.45. The van der Waals surface area contributed by atoms with Crippen LogP contribution in [-0.4, -0.2) is 84.8 Å². The van der Waals surface area contributed by atoms with Gasteiger partial charge in [-0.1, -0.05) is 42.6 Å². The van der Waals surface area contributed by atoms with Crippen LogP contribution in [-0.2, 0) is 0 Å². The van der Waals surface area contributed by atoms with Gasteiger partial charge < -0.3 is 10.4 Å². The van der Waals surface area contributed by atoms with E-state index in [1.54, 1.807) is 0 Å². The minimum absolute atomic E-state index is 0.516. The number of aliphatic hydroxyl groups is 1. The van der Waals surface area contributed by atoms with Gasteiger partial charge in [0.1, 0.15) is 5.76 Å². The summed E-state index contributed by atoms with van der Waals surface area (Å²) < 4.78 is 0. The highest BCUT2D eigenvalue weighted by atomic mass is 16.3. The SMILES string of the molecule is CN/C=C(\C=C(\O)CN1CCN(C2CCN(C/C(C)=C/C=C(C)C)CC2)C(C)C1)C1CCCCC1. The van der Waals surface area contributed by atoms with Crippen LogP contribution >= 0.6 is 0 Å². The second-order valence-corrected chi connectivity index (χ2v) is 11.5. The third-order valence-corrected chi connectivity index (χ3v) is 8.07. The first-order valence-corrected chi connectivity index (χ1v) is 14.1. The minimum Gasteiger partial charge on any atom is -0.511 e. The topological polar surface area (TPSA) is 42.0 Å². The third kappa shape index (κ3) is 9.11. The van der Waals surface area contributed by atoms with Crippen LogP contribution in [0.2, 0.25) is 0 Å². The van der Waals surface area contributed by atoms with E-state index < -0.39 is 0 Å². The second kappa shape index (κ2) is 14.2. The summed E-state index contributed by atoms with van der Waals surface area (Å²) in [4.78, 5) is 7.81. The van der Waals surface area contributed by atoms with Crippen molar-refractivity contribution in [2.75, 3.05) is 52.9 Å². The fourth-order valence-electron chi connectivity index (χ4n) is 6.20. The van der Waals surface area contributed by atoms with Gasteiger partial charge in [-0.3, -0.25) is 14.7 Å². The smallest absolute Gasteiger partial charge is 0.107 e. The average molecular weight is 485 g/mol. The van der Waals surface area contributed by atoms with Crippen molar-refractivity contribution >= 4 is 0 Å². The van der Waals surface area contributed by atoms with E-state index in [0.29, 0.717) is 30.3 Å². The molecule has 5 nitrogen and oxygen atoms in total. The molecule has 0 amide bonds. The van der Waals surface area contributed by atoms with E-state index in [1.165, 1.54) is 74.8 Å². The Kier molecular flexibility index (Phi) is 11.4. The van der Waals surface area contributed by atoms with Crippen molar-refractivity contribution in [3.05, 3.63) is 46.9 Å². The van der Waals surface area contributed by atoms with Gasteiger partial charge in [-0.05, 0) is 90.2 Å². The Morgan fingerprint density at radius 2 is 1.60 bits per heavy atom. The molecule has 2 heterocycles. The lowest BCUT2D eigenvalue weighted by molar-refractivity contribution is 0.0234. The van der Waals surface area contributed by atoms with Gasteiger partial charge in [-0.2, -0.15) is 0 Å². The monoisotopic (exact) mass is 484 g/mol. The summed E-state index contributed by atoms with van der Waals surface area (Å²) in [6, 6.07) is 1.24. The number of piperidine rings is 1. The molecule has 1 atom stereocenters. The zero-order valence-electron chi connectivity index (χ0n) is 23.2.